The first-order valence-corrected chi connectivity index (χ1v) is 5.91. The Kier molecular flexibility index (Phi) is 9.88. The van der Waals surface area contributed by atoms with Crippen molar-refractivity contribution < 1.29 is 4.79 Å². The molecule has 14 heavy (non-hydrogen) atoms. The average molecular weight is 241 g/mol. The molecule has 0 spiro atoms. The second kappa shape index (κ2) is 8.38. The number of halogens is 1. The molecule has 0 aliphatic heterocycles. The lowest BCUT2D eigenvalue weighted by molar-refractivity contribution is -0.132. The Morgan fingerprint density at radius 3 is 2.36 bits per heavy atom. The Balaban J connectivity index is 0. The van der Waals surface area contributed by atoms with Crippen LogP contribution in [0.2, 0.25) is 0 Å². The summed E-state index contributed by atoms with van der Waals surface area (Å²) in [6, 6.07) is -0.104. The fraction of sp³-hybridized carbons (Fsp3) is 0.889. The molecule has 0 bridgehead atoms. The molecular formula is C9H21ClN2OS. The van der Waals surface area contributed by atoms with Gasteiger partial charge >= 0.3 is 0 Å². The van der Waals surface area contributed by atoms with E-state index in [1.54, 1.807) is 23.7 Å². The Morgan fingerprint density at radius 2 is 2.00 bits per heavy atom. The third-order valence-electron chi connectivity index (χ3n) is 2.07. The third kappa shape index (κ3) is 5.73. The molecule has 0 fully saturated rings. The summed E-state index contributed by atoms with van der Waals surface area (Å²) >= 11 is 1.72. The lowest BCUT2D eigenvalue weighted by atomic mass is 10.2. The van der Waals surface area contributed by atoms with Crippen LogP contribution in [0.3, 0.4) is 0 Å². The zero-order valence-electron chi connectivity index (χ0n) is 9.32. The van der Waals surface area contributed by atoms with Crippen molar-refractivity contribution in [2.45, 2.75) is 32.4 Å². The first-order valence-electron chi connectivity index (χ1n) is 4.52. The molecule has 1 atom stereocenters. The van der Waals surface area contributed by atoms with Gasteiger partial charge in [0.05, 0.1) is 6.04 Å². The lowest BCUT2D eigenvalue weighted by Crippen LogP contribution is -2.44. The molecule has 0 saturated carbocycles. The summed E-state index contributed by atoms with van der Waals surface area (Å²) in [6.45, 7) is 3.97. The van der Waals surface area contributed by atoms with Crippen LogP contribution in [0, 0.1) is 0 Å². The van der Waals surface area contributed by atoms with Gasteiger partial charge in [0, 0.05) is 13.1 Å². The lowest BCUT2D eigenvalue weighted by Gasteiger charge is -2.24. The van der Waals surface area contributed by atoms with E-state index >= 15 is 0 Å². The molecule has 0 unspecified atom stereocenters. The van der Waals surface area contributed by atoms with Gasteiger partial charge in [0.2, 0.25) is 5.91 Å². The Bertz CT molecular complexity index is 167. The largest absolute Gasteiger partial charge is 0.342 e. The number of nitrogens with two attached hydrogens (primary N) is 1. The third-order valence-corrected chi connectivity index (χ3v) is 2.72. The number of carbonyl (C=O) groups is 1. The fourth-order valence-corrected chi connectivity index (χ4v) is 1.37. The van der Waals surface area contributed by atoms with Crippen LogP contribution in [0.4, 0.5) is 0 Å². The first kappa shape index (κ1) is 16.5. The minimum absolute atomic E-state index is 0. The highest BCUT2D eigenvalue weighted by atomic mass is 35.5. The summed E-state index contributed by atoms with van der Waals surface area (Å²) in [5, 5.41) is 0. The molecule has 1 amide bonds. The van der Waals surface area contributed by atoms with Crippen molar-refractivity contribution in [3.05, 3.63) is 0 Å². The second-order valence-electron chi connectivity index (χ2n) is 3.43. The molecule has 0 saturated heterocycles. The maximum Gasteiger partial charge on any atom is 0.239 e. The Labute approximate surface area is 97.2 Å². The number of hydrogen-bond acceptors (Lipinski definition) is 3. The molecular weight excluding hydrogens is 220 g/mol. The van der Waals surface area contributed by atoms with E-state index in [0.29, 0.717) is 0 Å². The standard InChI is InChI=1S/C9H20N2OS.ClH/c1-7(2)11(3)9(12)8(10)5-6-13-4;/h7-8H,5-6,10H2,1-4H3;1H/t8-;/m0./s1. The van der Waals surface area contributed by atoms with E-state index in [2.05, 4.69) is 0 Å². The van der Waals surface area contributed by atoms with Crippen LogP contribution >= 0.6 is 24.2 Å². The van der Waals surface area contributed by atoms with Crippen molar-refractivity contribution in [3.63, 3.8) is 0 Å². The van der Waals surface area contributed by atoms with E-state index in [1.807, 2.05) is 20.1 Å². The number of hydrogen-bond donors (Lipinski definition) is 1. The summed E-state index contributed by atoms with van der Waals surface area (Å²) in [5.74, 6) is 0.989. The van der Waals surface area contributed by atoms with Gasteiger partial charge in [-0.3, -0.25) is 4.79 Å². The zero-order valence-corrected chi connectivity index (χ0v) is 11.0. The highest BCUT2D eigenvalue weighted by Crippen LogP contribution is 2.03. The van der Waals surface area contributed by atoms with E-state index in [0.717, 1.165) is 12.2 Å². The van der Waals surface area contributed by atoms with Crippen LogP contribution in [-0.2, 0) is 4.79 Å². The van der Waals surface area contributed by atoms with E-state index in [1.165, 1.54) is 0 Å². The molecule has 0 heterocycles. The number of likely N-dealkylation sites (N-methyl/N-ethyl adjacent to an activating group) is 1. The van der Waals surface area contributed by atoms with Gasteiger partial charge in [0.25, 0.3) is 0 Å². The fourth-order valence-electron chi connectivity index (χ4n) is 0.884. The average Bonchev–Trinajstić information content (AvgIpc) is 2.11. The summed E-state index contributed by atoms with van der Waals surface area (Å²) < 4.78 is 0. The maximum atomic E-state index is 11.6. The van der Waals surface area contributed by atoms with Crippen molar-refractivity contribution in [1.82, 2.24) is 4.90 Å². The van der Waals surface area contributed by atoms with Crippen LogP contribution < -0.4 is 5.73 Å². The van der Waals surface area contributed by atoms with Crippen molar-refractivity contribution in [2.24, 2.45) is 5.73 Å². The summed E-state index contributed by atoms with van der Waals surface area (Å²) in [7, 11) is 1.80. The van der Waals surface area contributed by atoms with E-state index in [4.69, 9.17) is 5.73 Å². The second-order valence-corrected chi connectivity index (χ2v) is 4.42. The molecule has 0 aliphatic carbocycles. The topological polar surface area (TPSA) is 46.3 Å². The SMILES string of the molecule is CSCC[C@H](N)C(=O)N(C)C(C)C.Cl. The quantitative estimate of drug-likeness (QED) is 0.789. The van der Waals surface area contributed by atoms with Crippen molar-refractivity contribution in [1.29, 1.82) is 0 Å². The van der Waals surface area contributed by atoms with E-state index in [-0.39, 0.29) is 30.4 Å². The van der Waals surface area contributed by atoms with Crippen molar-refractivity contribution >= 4 is 30.1 Å². The van der Waals surface area contributed by atoms with Crippen LogP contribution in [0.25, 0.3) is 0 Å². The van der Waals surface area contributed by atoms with Crippen LogP contribution in [0.1, 0.15) is 20.3 Å². The van der Waals surface area contributed by atoms with E-state index < -0.39 is 0 Å². The summed E-state index contributed by atoms with van der Waals surface area (Å²) in [5.41, 5.74) is 5.74. The van der Waals surface area contributed by atoms with Crippen LogP contribution in [-0.4, -0.2) is 41.9 Å². The smallest absolute Gasteiger partial charge is 0.239 e. The molecule has 0 aromatic rings. The summed E-state index contributed by atoms with van der Waals surface area (Å²) in [6.07, 6.45) is 2.78. The predicted molar refractivity (Wildman–Crippen MR) is 66.1 cm³/mol. The molecule has 2 N–H and O–H groups in total. The molecule has 0 radical (unpaired) electrons. The first-order chi connectivity index (χ1) is 6.00. The van der Waals surface area contributed by atoms with Gasteiger partial charge in [0.1, 0.15) is 0 Å². The van der Waals surface area contributed by atoms with E-state index in [9.17, 15) is 4.79 Å². The number of thioether (sulfide) groups is 1. The molecule has 3 nitrogen and oxygen atoms in total. The van der Waals surface area contributed by atoms with Crippen LogP contribution in [0.15, 0.2) is 0 Å². The highest BCUT2D eigenvalue weighted by Gasteiger charge is 2.18. The monoisotopic (exact) mass is 240 g/mol. The van der Waals surface area contributed by atoms with Gasteiger partial charge in [-0.25, -0.2) is 0 Å². The van der Waals surface area contributed by atoms with Gasteiger partial charge in [0.15, 0.2) is 0 Å². The van der Waals surface area contributed by atoms with Crippen LogP contribution in [0.5, 0.6) is 0 Å². The number of nitrogens with zero attached hydrogens (tertiary/aromatic N) is 1. The molecule has 86 valence electrons. The Hall–Kier alpha value is 0.0700. The highest BCUT2D eigenvalue weighted by molar-refractivity contribution is 7.98. The normalized spacial score (nSPS) is 12.1. The number of amides is 1. The predicted octanol–water partition coefficient (Wildman–Crippen LogP) is 1.36. The van der Waals surface area contributed by atoms with Crippen molar-refractivity contribution in [3.8, 4) is 0 Å². The minimum atomic E-state index is -0.333. The van der Waals surface area contributed by atoms with Gasteiger partial charge in [-0.15, -0.1) is 12.4 Å². The number of rotatable bonds is 5. The van der Waals surface area contributed by atoms with Crippen molar-refractivity contribution in [2.75, 3.05) is 19.1 Å². The minimum Gasteiger partial charge on any atom is -0.342 e. The molecule has 0 rings (SSSR count). The molecule has 0 aliphatic rings. The van der Waals surface area contributed by atoms with Gasteiger partial charge in [-0.2, -0.15) is 11.8 Å². The van der Waals surface area contributed by atoms with Gasteiger partial charge in [-0.05, 0) is 32.3 Å². The zero-order chi connectivity index (χ0) is 10.4. The Morgan fingerprint density at radius 1 is 1.50 bits per heavy atom. The number of carbonyl (C=O) groups excluding carboxylic acids is 1. The van der Waals surface area contributed by atoms with Gasteiger partial charge in [-0.1, -0.05) is 0 Å². The molecule has 5 heteroatoms. The van der Waals surface area contributed by atoms with Gasteiger partial charge < -0.3 is 10.6 Å². The maximum absolute atomic E-state index is 11.6. The molecule has 0 aromatic heterocycles. The summed E-state index contributed by atoms with van der Waals surface area (Å²) in [4.78, 5) is 13.3. The molecule has 0 aromatic carbocycles.